The number of hydrogen-bond acceptors (Lipinski definition) is 6. The van der Waals surface area contributed by atoms with Crippen molar-refractivity contribution in [2.45, 2.75) is 12.8 Å². The molecular weight excluding hydrogens is 378 g/mol. The number of furan rings is 1. The first-order valence-electron chi connectivity index (χ1n) is 9.18. The lowest BCUT2D eigenvalue weighted by molar-refractivity contribution is -0.154. The van der Waals surface area contributed by atoms with Crippen LogP contribution in [0.5, 0.6) is 0 Å². The number of nitrogens with zero attached hydrogens (tertiary/aromatic N) is 1. The average molecular weight is 399 g/mol. The molecule has 1 fully saturated rings. The molecule has 0 aliphatic carbocycles. The number of amides is 3. The van der Waals surface area contributed by atoms with E-state index in [9.17, 15) is 19.2 Å². The van der Waals surface area contributed by atoms with Gasteiger partial charge in [-0.05, 0) is 37.1 Å². The van der Waals surface area contributed by atoms with Crippen molar-refractivity contribution in [2.24, 2.45) is 5.92 Å². The summed E-state index contributed by atoms with van der Waals surface area (Å²) in [7, 11) is 0. The highest BCUT2D eigenvalue weighted by molar-refractivity contribution is 5.95. The largest absolute Gasteiger partial charge is 0.459 e. The van der Waals surface area contributed by atoms with Gasteiger partial charge in [-0.2, -0.15) is 0 Å². The minimum absolute atomic E-state index is 0.213. The topological polar surface area (TPSA) is 118 Å². The second kappa shape index (κ2) is 9.54. The number of esters is 1. The van der Waals surface area contributed by atoms with E-state index in [1.807, 2.05) is 0 Å². The van der Waals surface area contributed by atoms with Crippen molar-refractivity contribution in [3.05, 3.63) is 60.1 Å². The van der Waals surface area contributed by atoms with Crippen molar-refractivity contribution in [3.8, 4) is 0 Å². The number of carbonyl (C=O) groups excluding carboxylic acids is 4. The zero-order valence-corrected chi connectivity index (χ0v) is 15.6. The Balaban J connectivity index is 1.36. The first-order valence-corrected chi connectivity index (χ1v) is 9.18. The van der Waals surface area contributed by atoms with E-state index in [1.54, 1.807) is 47.4 Å². The molecule has 0 atom stereocenters. The molecule has 1 saturated heterocycles. The molecule has 1 aromatic heterocycles. The van der Waals surface area contributed by atoms with Gasteiger partial charge < -0.3 is 14.1 Å². The number of rotatable bonds is 5. The maximum atomic E-state index is 12.2. The monoisotopic (exact) mass is 399 g/mol. The van der Waals surface area contributed by atoms with Gasteiger partial charge in [-0.3, -0.25) is 30.0 Å². The fraction of sp³-hybridized carbons (Fsp3) is 0.300. The van der Waals surface area contributed by atoms with Gasteiger partial charge >= 0.3 is 5.97 Å². The zero-order chi connectivity index (χ0) is 20.6. The summed E-state index contributed by atoms with van der Waals surface area (Å²) in [6.07, 6.45) is 2.32. The van der Waals surface area contributed by atoms with Crippen molar-refractivity contribution in [3.63, 3.8) is 0 Å². The Morgan fingerprint density at radius 2 is 1.72 bits per heavy atom. The van der Waals surface area contributed by atoms with Crippen LogP contribution in [-0.2, 0) is 14.3 Å². The number of ether oxygens (including phenoxy) is 1. The molecule has 3 rings (SSSR count). The summed E-state index contributed by atoms with van der Waals surface area (Å²) in [4.78, 5) is 49.6. The van der Waals surface area contributed by atoms with Gasteiger partial charge in [0.15, 0.2) is 12.4 Å². The summed E-state index contributed by atoms with van der Waals surface area (Å²) in [5.41, 5.74) is 4.84. The average Bonchev–Trinajstić information content (AvgIpc) is 3.31. The van der Waals surface area contributed by atoms with Crippen molar-refractivity contribution in [1.29, 1.82) is 0 Å². The van der Waals surface area contributed by atoms with Crippen LogP contribution in [0.15, 0.2) is 53.1 Å². The lowest BCUT2D eigenvalue weighted by Gasteiger charge is -2.30. The van der Waals surface area contributed by atoms with Gasteiger partial charge in [-0.25, -0.2) is 0 Å². The molecule has 3 amide bonds. The normalized spacial score (nSPS) is 14.1. The van der Waals surface area contributed by atoms with Crippen LogP contribution in [0.1, 0.15) is 33.8 Å². The van der Waals surface area contributed by atoms with Crippen molar-refractivity contribution in [2.75, 3.05) is 19.7 Å². The third kappa shape index (κ3) is 5.44. The molecule has 0 unspecified atom stereocenters. The number of likely N-dealkylation sites (tertiary alicyclic amines) is 1. The zero-order valence-electron chi connectivity index (χ0n) is 15.6. The van der Waals surface area contributed by atoms with Crippen LogP contribution < -0.4 is 10.9 Å². The summed E-state index contributed by atoms with van der Waals surface area (Å²) in [6, 6.07) is 11.6. The Kier molecular flexibility index (Phi) is 6.62. The predicted molar refractivity (Wildman–Crippen MR) is 100 cm³/mol. The molecule has 2 N–H and O–H groups in total. The fourth-order valence-corrected chi connectivity index (χ4v) is 2.95. The molecule has 1 aliphatic rings. The molecule has 0 saturated carbocycles. The van der Waals surface area contributed by atoms with E-state index in [1.165, 1.54) is 6.26 Å². The van der Waals surface area contributed by atoms with E-state index >= 15 is 0 Å². The van der Waals surface area contributed by atoms with E-state index in [2.05, 4.69) is 10.9 Å². The lowest BCUT2D eigenvalue weighted by Crippen LogP contribution is -2.44. The number of carbonyl (C=O) groups is 4. The second-order valence-corrected chi connectivity index (χ2v) is 6.52. The highest BCUT2D eigenvalue weighted by atomic mass is 16.5. The Bertz CT molecular complexity index is 858. The predicted octanol–water partition coefficient (Wildman–Crippen LogP) is 1.14. The van der Waals surface area contributed by atoms with E-state index in [0.717, 1.165) is 0 Å². The van der Waals surface area contributed by atoms with Gasteiger partial charge in [0, 0.05) is 18.7 Å². The van der Waals surface area contributed by atoms with Gasteiger partial charge in [-0.1, -0.05) is 18.2 Å². The van der Waals surface area contributed by atoms with Crippen molar-refractivity contribution < 1.29 is 28.3 Å². The summed E-state index contributed by atoms with van der Waals surface area (Å²) in [6.45, 7) is 0.302. The Morgan fingerprint density at radius 3 is 2.38 bits per heavy atom. The molecule has 2 aromatic rings. The van der Waals surface area contributed by atoms with E-state index in [-0.39, 0.29) is 17.6 Å². The highest BCUT2D eigenvalue weighted by Gasteiger charge is 2.30. The van der Waals surface area contributed by atoms with Gasteiger partial charge in [-0.15, -0.1) is 0 Å². The van der Waals surface area contributed by atoms with Crippen molar-refractivity contribution >= 4 is 23.7 Å². The molecule has 152 valence electrons. The van der Waals surface area contributed by atoms with Crippen LogP contribution >= 0.6 is 0 Å². The second-order valence-electron chi connectivity index (χ2n) is 6.52. The minimum Gasteiger partial charge on any atom is -0.459 e. The molecular formula is C20H21N3O6. The fourth-order valence-electron chi connectivity index (χ4n) is 2.95. The standard InChI is InChI=1S/C20H21N3O6/c24-17(21-22-18(25)14-5-2-1-3-6-14)13-29-20(27)15-8-10-23(11-9-15)19(26)16-7-4-12-28-16/h1-7,12,15H,8-11,13H2,(H,21,24)(H,22,25). The Labute approximate surface area is 167 Å². The number of piperidine rings is 1. The number of hydrogen-bond donors (Lipinski definition) is 2. The molecule has 2 heterocycles. The smallest absolute Gasteiger partial charge is 0.309 e. The van der Waals surface area contributed by atoms with Crippen LogP contribution in [0, 0.1) is 5.92 Å². The first-order chi connectivity index (χ1) is 14.0. The molecule has 9 heteroatoms. The Hall–Kier alpha value is -3.62. The van der Waals surface area contributed by atoms with E-state index < -0.39 is 24.4 Å². The minimum atomic E-state index is -0.645. The third-order valence-corrected chi connectivity index (χ3v) is 4.54. The molecule has 0 bridgehead atoms. The van der Waals surface area contributed by atoms with Crippen LogP contribution in [0.25, 0.3) is 0 Å². The van der Waals surface area contributed by atoms with Crippen LogP contribution in [0.2, 0.25) is 0 Å². The number of nitrogens with one attached hydrogen (secondary N) is 2. The SMILES string of the molecule is O=C(COC(=O)C1CCN(C(=O)c2ccco2)CC1)NNC(=O)c1ccccc1. The maximum Gasteiger partial charge on any atom is 0.309 e. The van der Waals surface area contributed by atoms with Gasteiger partial charge in [0.05, 0.1) is 12.2 Å². The molecule has 1 aliphatic heterocycles. The van der Waals surface area contributed by atoms with Crippen LogP contribution in [0.3, 0.4) is 0 Å². The van der Waals surface area contributed by atoms with E-state index in [4.69, 9.17) is 9.15 Å². The highest BCUT2D eigenvalue weighted by Crippen LogP contribution is 2.20. The molecule has 29 heavy (non-hydrogen) atoms. The summed E-state index contributed by atoms with van der Waals surface area (Å²) >= 11 is 0. The van der Waals surface area contributed by atoms with Crippen molar-refractivity contribution in [1.82, 2.24) is 15.8 Å². The summed E-state index contributed by atoms with van der Waals surface area (Å²) in [5, 5.41) is 0. The van der Waals surface area contributed by atoms with Gasteiger partial charge in [0.25, 0.3) is 17.7 Å². The summed E-state index contributed by atoms with van der Waals surface area (Å²) < 4.78 is 10.1. The number of hydrazine groups is 1. The van der Waals surface area contributed by atoms with Gasteiger partial charge in [0.2, 0.25) is 0 Å². The molecule has 0 spiro atoms. The molecule has 9 nitrogen and oxygen atoms in total. The van der Waals surface area contributed by atoms with E-state index in [0.29, 0.717) is 31.5 Å². The quantitative estimate of drug-likeness (QED) is 0.575. The van der Waals surface area contributed by atoms with Crippen LogP contribution in [0.4, 0.5) is 0 Å². The number of benzene rings is 1. The summed E-state index contributed by atoms with van der Waals surface area (Å²) in [5.74, 6) is -1.95. The maximum absolute atomic E-state index is 12.2. The molecule has 1 aromatic carbocycles. The first kappa shape index (κ1) is 20.1. The Morgan fingerprint density at radius 1 is 1.00 bits per heavy atom. The van der Waals surface area contributed by atoms with Crippen LogP contribution in [-0.4, -0.2) is 48.3 Å². The lowest BCUT2D eigenvalue weighted by atomic mass is 9.97. The third-order valence-electron chi connectivity index (χ3n) is 4.54. The van der Waals surface area contributed by atoms with Gasteiger partial charge in [0.1, 0.15) is 0 Å². The molecule has 0 radical (unpaired) electrons.